The van der Waals surface area contributed by atoms with Crippen molar-refractivity contribution in [3.8, 4) is 11.9 Å². The summed E-state index contributed by atoms with van der Waals surface area (Å²) in [5, 5.41) is 17.4. The molecular formula is C14H17N3O2. The molecule has 0 aliphatic carbocycles. The first-order valence-electron chi connectivity index (χ1n) is 6.36. The van der Waals surface area contributed by atoms with Crippen LogP contribution in [0.5, 0.6) is 5.88 Å². The van der Waals surface area contributed by atoms with Crippen molar-refractivity contribution in [3.05, 3.63) is 29.8 Å². The number of rotatable bonds is 4. The molecule has 0 atom stereocenters. The van der Waals surface area contributed by atoms with Gasteiger partial charge in [-0.05, 0) is 18.9 Å². The number of piperidine rings is 1. The highest BCUT2D eigenvalue weighted by Gasteiger charge is 2.15. The molecule has 5 heteroatoms. The van der Waals surface area contributed by atoms with E-state index in [2.05, 4.69) is 16.0 Å². The summed E-state index contributed by atoms with van der Waals surface area (Å²) in [7, 11) is 0. The van der Waals surface area contributed by atoms with Gasteiger partial charge >= 0.3 is 0 Å². The van der Waals surface area contributed by atoms with E-state index in [1.165, 1.54) is 5.57 Å². The third-order valence-electron chi connectivity index (χ3n) is 3.05. The van der Waals surface area contributed by atoms with E-state index in [1.807, 2.05) is 12.1 Å². The molecule has 100 valence electrons. The largest absolute Gasteiger partial charge is 0.475 e. The highest BCUT2D eigenvalue weighted by molar-refractivity contribution is 5.42. The van der Waals surface area contributed by atoms with Crippen molar-refractivity contribution in [3.63, 3.8) is 0 Å². The van der Waals surface area contributed by atoms with Gasteiger partial charge in [0.1, 0.15) is 12.4 Å². The minimum absolute atomic E-state index is 0.0159. The zero-order valence-corrected chi connectivity index (χ0v) is 10.7. The molecule has 1 aromatic rings. The predicted molar refractivity (Wildman–Crippen MR) is 72.0 cm³/mol. The summed E-state index contributed by atoms with van der Waals surface area (Å²) >= 11 is 0. The summed E-state index contributed by atoms with van der Waals surface area (Å²) in [4.78, 5) is 6.59. The number of ether oxygens (including phenoxy) is 1. The van der Waals surface area contributed by atoms with Gasteiger partial charge < -0.3 is 14.7 Å². The van der Waals surface area contributed by atoms with Gasteiger partial charge in [-0.15, -0.1) is 0 Å². The first-order chi connectivity index (χ1) is 9.33. The molecule has 2 rings (SSSR count). The summed E-state index contributed by atoms with van der Waals surface area (Å²) in [6.45, 7) is 1.97. The third kappa shape index (κ3) is 3.70. The molecule has 0 unspecified atom stereocenters. The number of nitriles is 1. The minimum Gasteiger partial charge on any atom is -0.475 e. The van der Waals surface area contributed by atoms with E-state index in [0.717, 1.165) is 31.7 Å². The van der Waals surface area contributed by atoms with Crippen molar-refractivity contribution in [1.29, 1.82) is 5.26 Å². The lowest BCUT2D eigenvalue weighted by atomic mass is 10.0. The maximum atomic E-state index is 8.73. The number of anilines is 1. The monoisotopic (exact) mass is 259 g/mol. The Morgan fingerprint density at radius 1 is 1.42 bits per heavy atom. The molecule has 1 fully saturated rings. The van der Waals surface area contributed by atoms with Crippen molar-refractivity contribution in [2.45, 2.75) is 12.8 Å². The maximum Gasteiger partial charge on any atom is 0.215 e. The first kappa shape index (κ1) is 13.4. The van der Waals surface area contributed by atoms with E-state index >= 15 is 0 Å². The Labute approximate surface area is 112 Å². The number of pyridine rings is 1. The molecule has 1 saturated heterocycles. The lowest BCUT2D eigenvalue weighted by Crippen LogP contribution is -2.31. The molecule has 0 spiro atoms. The maximum absolute atomic E-state index is 8.73. The molecule has 1 N–H and O–H groups in total. The minimum atomic E-state index is -0.0159. The predicted octanol–water partition coefficient (Wildman–Crippen LogP) is 1.50. The lowest BCUT2D eigenvalue weighted by Gasteiger charge is -2.29. The van der Waals surface area contributed by atoms with Crippen LogP contribution in [0, 0.1) is 11.3 Å². The van der Waals surface area contributed by atoms with Crippen LogP contribution < -0.4 is 9.64 Å². The van der Waals surface area contributed by atoms with Crippen LogP contribution >= 0.6 is 0 Å². The fourth-order valence-electron chi connectivity index (χ4n) is 2.07. The van der Waals surface area contributed by atoms with Crippen molar-refractivity contribution in [1.82, 2.24) is 4.98 Å². The molecule has 0 amide bonds. The Morgan fingerprint density at radius 3 is 2.89 bits per heavy atom. The molecule has 0 radical (unpaired) electrons. The zero-order valence-electron chi connectivity index (χ0n) is 10.7. The van der Waals surface area contributed by atoms with Gasteiger partial charge in [0, 0.05) is 25.2 Å². The zero-order chi connectivity index (χ0) is 13.5. The lowest BCUT2D eigenvalue weighted by molar-refractivity contribution is 0.197. The quantitative estimate of drug-likeness (QED) is 0.830. The number of hydrogen-bond acceptors (Lipinski definition) is 5. The van der Waals surface area contributed by atoms with Gasteiger partial charge in [0.25, 0.3) is 0 Å². The molecule has 1 aliphatic heterocycles. The second-order valence-electron chi connectivity index (χ2n) is 4.32. The van der Waals surface area contributed by atoms with E-state index in [1.54, 1.807) is 12.1 Å². The molecule has 0 bridgehead atoms. The van der Waals surface area contributed by atoms with Gasteiger partial charge in [-0.3, -0.25) is 0 Å². The summed E-state index contributed by atoms with van der Waals surface area (Å²) in [5.41, 5.74) is 1.20. The standard InChI is InChI=1S/C14H17N3O2/c15-7-4-12-5-8-17(9-6-12)13-2-1-3-14(16-13)19-11-10-18/h1-4,18H,5-6,8-11H2. The van der Waals surface area contributed by atoms with Crippen LogP contribution in [0.15, 0.2) is 29.8 Å². The van der Waals surface area contributed by atoms with Crippen molar-refractivity contribution in [2.24, 2.45) is 0 Å². The van der Waals surface area contributed by atoms with Crippen molar-refractivity contribution < 1.29 is 9.84 Å². The second kappa shape index (κ2) is 6.76. The number of allylic oxidation sites excluding steroid dienone is 1. The fraction of sp³-hybridized carbons (Fsp3) is 0.429. The number of aromatic nitrogens is 1. The number of aliphatic hydroxyl groups excluding tert-OH is 1. The molecule has 0 saturated carbocycles. The van der Waals surface area contributed by atoms with Crippen molar-refractivity contribution in [2.75, 3.05) is 31.2 Å². The average molecular weight is 259 g/mol. The van der Waals surface area contributed by atoms with Gasteiger partial charge in [-0.1, -0.05) is 11.6 Å². The van der Waals surface area contributed by atoms with E-state index < -0.39 is 0 Å². The Morgan fingerprint density at radius 2 is 2.21 bits per heavy atom. The van der Waals surface area contributed by atoms with Crippen LogP contribution in [0.1, 0.15) is 12.8 Å². The Bertz CT molecular complexity index is 484. The van der Waals surface area contributed by atoms with Crippen molar-refractivity contribution >= 4 is 5.82 Å². The topological polar surface area (TPSA) is 69.4 Å². The molecule has 5 nitrogen and oxygen atoms in total. The van der Waals surface area contributed by atoms with Crippen LogP contribution in [-0.4, -0.2) is 36.4 Å². The van der Waals surface area contributed by atoms with Gasteiger partial charge in [-0.2, -0.15) is 10.2 Å². The smallest absolute Gasteiger partial charge is 0.215 e. The Kier molecular flexibility index (Phi) is 4.76. The molecule has 2 heterocycles. The number of aliphatic hydroxyl groups is 1. The van der Waals surface area contributed by atoms with Gasteiger partial charge in [0.05, 0.1) is 12.7 Å². The van der Waals surface area contributed by atoms with E-state index in [-0.39, 0.29) is 13.2 Å². The summed E-state index contributed by atoms with van der Waals surface area (Å²) < 4.78 is 5.30. The molecule has 1 aliphatic rings. The Hall–Kier alpha value is -2.06. The van der Waals surface area contributed by atoms with Crippen LogP contribution in [0.4, 0.5) is 5.82 Å². The summed E-state index contributed by atoms with van der Waals surface area (Å²) in [5.74, 6) is 1.41. The van der Waals surface area contributed by atoms with Gasteiger partial charge in [-0.25, -0.2) is 0 Å². The molecule has 19 heavy (non-hydrogen) atoms. The summed E-state index contributed by atoms with van der Waals surface area (Å²) in [6.07, 6.45) is 3.44. The van der Waals surface area contributed by atoms with Gasteiger partial charge in [0.2, 0.25) is 5.88 Å². The van der Waals surface area contributed by atoms with Gasteiger partial charge in [0.15, 0.2) is 0 Å². The number of hydrogen-bond donors (Lipinski definition) is 1. The van der Waals surface area contributed by atoms with Crippen LogP contribution in [0.2, 0.25) is 0 Å². The van der Waals surface area contributed by atoms with Crippen LogP contribution in [-0.2, 0) is 0 Å². The summed E-state index contributed by atoms with van der Waals surface area (Å²) in [6, 6.07) is 7.71. The molecular weight excluding hydrogens is 242 g/mol. The fourth-order valence-corrected chi connectivity index (χ4v) is 2.07. The van der Waals surface area contributed by atoms with E-state index in [9.17, 15) is 0 Å². The van der Waals surface area contributed by atoms with Crippen LogP contribution in [0.25, 0.3) is 0 Å². The number of nitrogens with zero attached hydrogens (tertiary/aromatic N) is 3. The van der Waals surface area contributed by atoms with E-state index in [0.29, 0.717) is 5.88 Å². The third-order valence-corrected chi connectivity index (χ3v) is 3.05. The average Bonchev–Trinajstić information content (AvgIpc) is 2.46. The SMILES string of the molecule is N#CC=C1CCN(c2cccc(OCCO)n2)CC1. The highest BCUT2D eigenvalue weighted by Crippen LogP contribution is 2.22. The van der Waals surface area contributed by atoms with E-state index in [4.69, 9.17) is 15.1 Å². The molecule has 0 aromatic carbocycles. The molecule has 1 aromatic heterocycles. The van der Waals surface area contributed by atoms with Crippen LogP contribution in [0.3, 0.4) is 0 Å². The highest BCUT2D eigenvalue weighted by atomic mass is 16.5. The Balaban J connectivity index is 1.99. The first-order valence-corrected chi connectivity index (χ1v) is 6.36. The second-order valence-corrected chi connectivity index (χ2v) is 4.32. The normalized spacial score (nSPS) is 14.9.